The smallest absolute Gasteiger partial charge is 0.328 e. The number of likely N-dealkylation sites (tertiary alicyclic amines) is 2. The number of allylic oxidation sites excluding steroid dienone is 1. The Bertz CT molecular complexity index is 810. The lowest BCUT2D eigenvalue weighted by Gasteiger charge is -2.49. The minimum Gasteiger partial charge on any atom is -0.372 e. The SMILES string of the molecule is C.C=C1CC[C@H]2CN(C(=O)Cn3ccc(=O)[nH]c3=O)CC[C@H]2N1CCC(C)C. The molecule has 0 aromatic carbocycles. The minimum absolute atomic E-state index is 0. The van der Waals surface area contributed by atoms with Crippen LogP contribution in [0.25, 0.3) is 0 Å². The topological polar surface area (TPSA) is 78.4 Å². The molecule has 3 rings (SSSR count). The van der Waals surface area contributed by atoms with Gasteiger partial charge in [-0.05, 0) is 37.5 Å². The fourth-order valence-electron chi connectivity index (χ4n) is 4.21. The van der Waals surface area contributed by atoms with E-state index in [1.165, 1.54) is 22.5 Å². The van der Waals surface area contributed by atoms with E-state index in [9.17, 15) is 14.4 Å². The first-order valence-corrected chi connectivity index (χ1v) is 9.87. The van der Waals surface area contributed by atoms with Crippen molar-refractivity contribution in [3.05, 3.63) is 45.4 Å². The first kappa shape index (κ1) is 22.0. The molecule has 0 radical (unpaired) electrons. The molecule has 7 nitrogen and oxygen atoms in total. The van der Waals surface area contributed by atoms with Crippen molar-refractivity contribution in [1.29, 1.82) is 0 Å². The van der Waals surface area contributed by atoms with Crippen LogP contribution < -0.4 is 11.2 Å². The van der Waals surface area contributed by atoms with Crippen LogP contribution in [-0.2, 0) is 11.3 Å². The van der Waals surface area contributed by atoms with Crippen molar-refractivity contribution in [2.75, 3.05) is 19.6 Å². The number of carbonyl (C=O) groups is 1. The van der Waals surface area contributed by atoms with E-state index >= 15 is 0 Å². The molecule has 0 aliphatic carbocycles. The molecule has 0 bridgehead atoms. The number of nitrogens with one attached hydrogen (secondary N) is 1. The van der Waals surface area contributed by atoms with Crippen molar-refractivity contribution in [3.63, 3.8) is 0 Å². The number of hydrogen-bond donors (Lipinski definition) is 1. The van der Waals surface area contributed by atoms with Gasteiger partial charge in [0.05, 0.1) is 0 Å². The Hall–Kier alpha value is -2.31. The maximum Gasteiger partial charge on any atom is 0.328 e. The minimum atomic E-state index is -0.542. The van der Waals surface area contributed by atoms with Gasteiger partial charge >= 0.3 is 5.69 Å². The summed E-state index contributed by atoms with van der Waals surface area (Å²) in [5.74, 6) is 1.05. The number of carbonyl (C=O) groups excluding carboxylic acids is 1. The average Bonchev–Trinajstić information content (AvgIpc) is 2.62. The van der Waals surface area contributed by atoms with Crippen LogP contribution in [0.2, 0.25) is 0 Å². The lowest BCUT2D eigenvalue weighted by Crippen LogP contribution is -2.55. The van der Waals surface area contributed by atoms with Gasteiger partial charge in [0.25, 0.3) is 5.56 Å². The molecule has 1 amide bonds. The lowest BCUT2D eigenvalue weighted by atomic mass is 9.82. The highest BCUT2D eigenvalue weighted by Crippen LogP contribution is 2.35. The molecule has 1 N–H and O–H groups in total. The first-order valence-electron chi connectivity index (χ1n) is 9.87. The van der Waals surface area contributed by atoms with Crippen LogP contribution in [0.3, 0.4) is 0 Å². The van der Waals surface area contributed by atoms with E-state index < -0.39 is 11.2 Å². The monoisotopic (exact) mass is 390 g/mol. The van der Waals surface area contributed by atoms with Gasteiger partial charge in [0.15, 0.2) is 0 Å². The lowest BCUT2D eigenvalue weighted by molar-refractivity contribution is -0.135. The molecular formula is C21H34N4O3. The highest BCUT2D eigenvalue weighted by molar-refractivity contribution is 5.76. The van der Waals surface area contributed by atoms with Crippen molar-refractivity contribution in [2.45, 2.75) is 59.5 Å². The molecule has 28 heavy (non-hydrogen) atoms. The molecule has 0 saturated carbocycles. The summed E-state index contributed by atoms with van der Waals surface area (Å²) in [6.45, 7) is 11.2. The summed E-state index contributed by atoms with van der Waals surface area (Å²) < 4.78 is 1.26. The molecule has 1 aromatic rings. The summed E-state index contributed by atoms with van der Waals surface area (Å²) in [6.07, 6.45) is 5.52. The Morgan fingerprint density at radius 2 is 2.07 bits per heavy atom. The van der Waals surface area contributed by atoms with Crippen molar-refractivity contribution in [3.8, 4) is 0 Å². The van der Waals surface area contributed by atoms with Crippen LogP contribution in [0.5, 0.6) is 0 Å². The highest BCUT2D eigenvalue weighted by atomic mass is 16.2. The molecule has 1 aromatic heterocycles. The summed E-state index contributed by atoms with van der Waals surface area (Å²) in [4.78, 5) is 42.2. The number of nitrogens with zero attached hydrogens (tertiary/aromatic N) is 3. The zero-order chi connectivity index (χ0) is 19.6. The third-order valence-electron chi connectivity index (χ3n) is 5.81. The molecule has 156 valence electrons. The molecule has 0 unspecified atom stereocenters. The van der Waals surface area contributed by atoms with Gasteiger partial charge < -0.3 is 9.80 Å². The zero-order valence-electron chi connectivity index (χ0n) is 16.3. The van der Waals surface area contributed by atoms with E-state index in [2.05, 4.69) is 30.3 Å². The third kappa shape index (κ3) is 4.94. The summed E-state index contributed by atoms with van der Waals surface area (Å²) in [7, 11) is 0. The largest absolute Gasteiger partial charge is 0.372 e. The Balaban J connectivity index is 0.00000280. The Labute approximate surface area is 167 Å². The van der Waals surface area contributed by atoms with Crippen LogP contribution in [0, 0.1) is 11.8 Å². The molecule has 2 atom stereocenters. The molecule has 2 fully saturated rings. The van der Waals surface area contributed by atoms with E-state index in [-0.39, 0.29) is 19.9 Å². The second kappa shape index (κ2) is 9.26. The van der Waals surface area contributed by atoms with Crippen molar-refractivity contribution >= 4 is 5.91 Å². The summed E-state index contributed by atoms with van der Waals surface area (Å²) in [5.41, 5.74) is 0.240. The molecule has 2 aliphatic rings. The van der Waals surface area contributed by atoms with Crippen LogP contribution in [-0.4, -0.2) is 50.9 Å². The number of aromatic nitrogens is 2. The van der Waals surface area contributed by atoms with Gasteiger partial charge in [0.1, 0.15) is 6.54 Å². The van der Waals surface area contributed by atoms with Gasteiger partial charge in [-0.2, -0.15) is 0 Å². The maximum absolute atomic E-state index is 12.7. The fourth-order valence-corrected chi connectivity index (χ4v) is 4.21. The predicted octanol–water partition coefficient (Wildman–Crippen LogP) is 2.05. The molecule has 3 heterocycles. The summed E-state index contributed by atoms with van der Waals surface area (Å²) in [6, 6.07) is 1.73. The molecule has 2 saturated heterocycles. The van der Waals surface area contributed by atoms with Crippen molar-refractivity contribution < 1.29 is 4.79 Å². The number of amides is 1. The Morgan fingerprint density at radius 1 is 1.32 bits per heavy atom. The van der Waals surface area contributed by atoms with E-state index in [0.29, 0.717) is 24.4 Å². The van der Waals surface area contributed by atoms with E-state index in [1.54, 1.807) is 0 Å². The second-order valence-electron chi connectivity index (χ2n) is 8.17. The molecule has 7 heteroatoms. The zero-order valence-corrected chi connectivity index (χ0v) is 16.3. The molecule has 0 spiro atoms. The fraction of sp³-hybridized carbons (Fsp3) is 0.667. The normalized spacial score (nSPS) is 22.0. The number of hydrogen-bond acceptors (Lipinski definition) is 4. The summed E-state index contributed by atoms with van der Waals surface area (Å²) in [5, 5.41) is 0. The van der Waals surface area contributed by atoms with Gasteiger partial charge in [0.2, 0.25) is 5.91 Å². The van der Waals surface area contributed by atoms with Gasteiger partial charge in [0, 0.05) is 43.6 Å². The van der Waals surface area contributed by atoms with Crippen LogP contribution in [0.15, 0.2) is 34.1 Å². The second-order valence-corrected chi connectivity index (χ2v) is 8.17. The average molecular weight is 391 g/mol. The van der Waals surface area contributed by atoms with E-state index in [1.807, 2.05) is 4.90 Å². The number of aromatic amines is 1. The van der Waals surface area contributed by atoms with Crippen molar-refractivity contribution in [1.82, 2.24) is 19.4 Å². The number of fused-ring (bicyclic) bond motifs is 1. The predicted molar refractivity (Wildman–Crippen MR) is 111 cm³/mol. The van der Waals surface area contributed by atoms with Crippen LogP contribution in [0.4, 0.5) is 0 Å². The van der Waals surface area contributed by atoms with E-state index in [4.69, 9.17) is 0 Å². The van der Waals surface area contributed by atoms with E-state index in [0.717, 1.165) is 38.8 Å². The maximum atomic E-state index is 12.7. The van der Waals surface area contributed by atoms with Crippen molar-refractivity contribution in [2.24, 2.45) is 11.8 Å². The number of rotatable bonds is 5. The molecule has 2 aliphatic heterocycles. The van der Waals surface area contributed by atoms with Crippen LogP contribution >= 0.6 is 0 Å². The Kier molecular flexibility index (Phi) is 7.27. The number of H-pyrrole nitrogens is 1. The Morgan fingerprint density at radius 3 is 2.75 bits per heavy atom. The van der Waals surface area contributed by atoms with Gasteiger partial charge in [-0.15, -0.1) is 0 Å². The quantitative estimate of drug-likeness (QED) is 0.835. The van der Waals surface area contributed by atoms with Gasteiger partial charge in [-0.1, -0.05) is 27.9 Å². The standard InChI is InChI=1S/C20H30N4O3.CH4/c1-14(2)6-11-24-15(3)4-5-16-12-22(9-7-17(16)24)19(26)13-23-10-8-18(25)21-20(23)27;/h8,10,14,16-17H,3-7,9,11-13H2,1-2H3,(H,21,25,27);1H4/t16-,17+;/m0./s1. The van der Waals surface area contributed by atoms with Crippen LogP contribution in [0.1, 0.15) is 47.0 Å². The summed E-state index contributed by atoms with van der Waals surface area (Å²) >= 11 is 0. The highest BCUT2D eigenvalue weighted by Gasteiger charge is 2.38. The first-order chi connectivity index (χ1) is 12.8. The third-order valence-corrected chi connectivity index (χ3v) is 5.81. The molecular weight excluding hydrogens is 356 g/mol. The number of piperidine rings is 2. The van der Waals surface area contributed by atoms with Gasteiger partial charge in [-0.3, -0.25) is 19.1 Å². The van der Waals surface area contributed by atoms with Gasteiger partial charge in [-0.25, -0.2) is 4.79 Å².